The smallest absolute Gasteiger partial charge is 0.287 e. The number of hydrazone groups is 1. The number of hydrogen-bond donors (Lipinski definition) is 2. The van der Waals surface area contributed by atoms with Crippen molar-refractivity contribution in [2.24, 2.45) is 5.10 Å². The lowest BCUT2D eigenvalue weighted by atomic mass is 10.2. The molecule has 0 saturated carbocycles. The number of carbonyl (C=O) groups is 1. The van der Waals surface area contributed by atoms with Crippen LogP contribution in [0.15, 0.2) is 59.7 Å². The number of para-hydroxylation sites is 1. The Kier molecular flexibility index (Phi) is 3.47. The predicted octanol–water partition coefficient (Wildman–Crippen LogP) is 3.07. The zero-order valence-electron chi connectivity index (χ0n) is 11.0. The van der Waals surface area contributed by atoms with Crippen LogP contribution in [0.5, 0.6) is 0 Å². The van der Waals surface area contributed by atoms with Crippen LogP contribution in [0.4, 0.5) is 4.39 Å². The number of H-pyrrole nitrogens is 1. The van der Waals surface area contributed by atoms with Crippen LogP contribution < -0.4 is 5.43 Å². The van der Waals surface area contributed by atoms with Gasteiger partial charge in [-0.05, 0) is 29.8 Å². The van der Waals surface area contributed by atoms with Crippen molar-refractivity contribution in [3.05, 3.63) is 71.7 Å². The third-order valence-electron chi connectivity index (χ3n) is 3.02. The molecule has 0 radical (unpaired) electrons. The van der Waals surface area contributed by atoms with Crippen LogP contribution in [0, 0.1) is 5.82 Å². The lowest BCUT2D eigenvalue weighted by molar-refractivity contribution is 0.0951. The third kappa shape index (κ3) is 2.97. The molecule has 1 aromatic heterocycles. The summed E-state index contributed by atoms with van der Waals surface area (Å²) in [4.78, 5) is 15.0. The van der Waals surface area contributed by atoms with Gasteiger partial charge in [-0.2, -0.15) is 5.10 Å². The molecule has 2 aromatic carbocycles. The summed E-state index contributed by atoms with van der Waals surface area (Å²) in [6, 6.07) is 15.2. The first-order chi connectivity index (χ1) is 10.2. The van der Waals surface area contributed by atoms with Gasteiger partial charge in [0.2, 0.25) is 0 Å². The third-order valence-corrected chi connectivity index (χ3v) is 3.02. The number of hydrogen-bond acceptors (Lipinski definition) is 2. The molecule has 0 atom stereocenters. The summed E-state index contributed by atoms with van der Waals surface area (Å²) in [5.41, 5.74) is 4.46. The van der Waals surface area contributed by atoms with Gasteiger partial charge in [0, 0.05) is 10.9 Å². The highest BCUT2D eigenvalue weighted by Crippen LogP contribution is 2.14. The number of amides is 1. The van der Waals surface area contributed by atoms with Crippen LogP contribution in [0.1, 0.15) is 16.1 Å². The van der Waals surface area contributed by atoms with E-state index in [0.29, 0.717) is 11.3 Å². The molecule has 1 amide bonds. The molecule has 0 spiro atoms. The number of benzene rings is 2. The number of carbonyl (C=O) groups excluding carboxylic acids is 1. The van der Waals surface area contributed by atoms with E-state index in [0.717, 1.165) is 10.9 Å². The van der Waals surface area contributed by atoms with Gasteiger partial charge in [0.15, 0.2) is 0 Å². The van der Waals surface area contributed by atoms with Gasteiger partial charge >= 0.3 is 0 Å². The van der Waals surface area contributed by atoms with E-state index in [-0.39, 0.29) is 11.7 Å². The van der Waals surface area contributed by atoms with Crippen LogP contribution in [-0.4, -0.2) is 17.1 Å². The number of aromatic amines is 1. The summed E-state index contributed by atoms with van der Waals surface area (Å²) < 4.78 is 12.7. The first-order valence-electron chi connectivity index (χ1n) is 6.39. The molecular formula is C16H12FN3O. The molecule has 3 aromatic rings. The van der Waals surface area contributed by atoms with E-state index >= 15 is 0 Å². The molecule has 0 aliphatic rings. The van der Waals surface area contributed by atoms with Gasteiger partial charge < -0.3 is 4.98 Å². The highest BCUT2D eigenvalue weighted by molar-refractivity contribution is 5.98. The maximum absolute atomic E-state index is 12.7. The Balaban J connectivity index is 1.70. The highest BCUT2D eigenvalue weighted by Gasteiger charge is 2.07. The second-order valence-corrected chi connectivity index (χ2v) is 4.52. The average molecular weight is 281 g/mol. The van der Waals surface area contributed by atoms with E-state index in [2.05, 4.69) is 15.5 Å². The minimum Gasteiger partial charge on any atom is -0.350 e. The predicted molar refractivity (Wildman–Crippen MR) is 79.8 cm³/mol. The van der Waals surface area contributed by atoms with Crippen LogP contribution in [0.2, 0.25) is 0 Å². The Hall–Kier alpha value is -2.95. The number of rotatable bonds is 3. The maximum atomic E-state index is 12.7. The van der Waals surface area contributed by atoms with Crippen molar-refractivity contribution in [3.8, 4) is 0 Å². The molecule has 0 saturated heterocycles. The lowest BCUT2D eigenvalue weighted by Crippen LogP contribution is -2.17. The normalized spacial score (nSPS) is 11.1. The van der Waals surface area contributed by atoms with Gasteiger partial charge in [-0.1, -0.05) is 30.3 Å². The van der Waals surface area contributed by atoms with Crippen LogP contribution in [0.25, 0.3) is 10.9 Å². The summed E-state index contributed by atoms with van der Waals surface area (Å²) in [6.07, 6.45) is 1.46. The standard InChI is InChI=1S/C16H12FN3O/c17-13-7-5-11(6-8-13)10-18-20-16(21)15-9-12-3-1-2-4-14(12)19-15/h1-10,19H,(H,20,21)/b18-10+. The van der Waals surface area contributed by atoms with Crippen molar-refractivity contribution in [2.45, 2.75) is 0 Å². The minimum atomic E-state index is -0.329. The van der Waals surface area contributed by atoms with E-state index in [1.165, 1.54) is 18.3 Å². The Morgan fingerprint density at radius 3 is 2.67 bits per heavy atom. The van der Waals surface area contributed by atoms with Gasteiger partial charge in [-0.15, -0.1) is 0 Å². The molecule has 0 aliphatic heterocycles. The fraction of sp³-hybridized carbons (Fsp3) is 0. The quantitative estimate of drug-likeness (QED) is 0.562. The molecule has 4 nitrogen and oxygen atoms in total. The Bertz CT molecular complexity index is 773. The first-order valence-corrected chi connectivity index (χ1v) is 6.39. The lowest BCUT2D eigenvalue weighted by Gasteiger charge is -1.96. The zero-order valence-corrected chi connectivity index (χ0v) is 11.0. The molecule has 104 valence electrons. The minimum absolute atomic E-state index is 0.311. The molecule has 5 heteroatoms. The van der Waals surface area contributed by atoms with Gasteiger partial charge in [0.1, 0.15) is 11.5 Å². The van der Waals surface area contributed by atoms with E-state index < -0.39 is 0 Å². The fourth-order valence-corrected chi connectivity index (χ4v) is 1.97. The summed E-state index contributed by atoms with van der Waals surface area (Å²) in [6.45, 7) is 0. The van der Waals surface area contributed by atoms with Gasteiger partial charge in [0.05, 0.1) is 6.21 Å². The Morgan fingerprint density at radius 1 is 1.14 bits per heavy atom. The van der Waals surface area contributed by atoms with Crippen molar-refractivity contribution >= 4 is 23.0 Å². The summed E-state index contributed by atoms with van der Waals surface area (Å²) in [7, 11) is 0. The Labute approximate surface area is 120 Å². The van der Waals surface area contributed by atoms with Crippen molar-refractivity contribution in [1.82, 2.24) is 10.4 Å². The van der Waals surface area contributed by atoms with Crippen LogP contribution in [0.3, 0.4) is 0 Å². The molecule has 21 heavy (non-hydrogen) atoms. The molecule has 0 bridgehead atoms. The van der Waals surface area contributed by atoms with Gasteiger partial charge in [-0.3, -0.25) is 4.79 Å². The maximum Gasteiger partial charge on any atom is 0.287 e. The van der Waals surface area contributed by atoms with E-state index in [9.17, 15) is 9.18 Å². The van der Waals surface area contributed by atoms with Crippen molar-refractivity contribution < 1.29 is 9.18 Å². The fourth-order valence-electron chi connectivity index (χ4n) is 1.97. The van der Waals surface area contributed by atoms with Gasteiger partial charge in [0.25, 0.3) is 5.91 Å². The monoisotopic (exact) mass is 281 g/mol. The first kappa shape index (κ1) is 13.1. The molecule has 0 fully saturated rings. The van der Waals surface area contributed by atoms with E-state index in [1.807, 2.05) is 24.3 Å². The molecule has 1 heterocycles. The molecule has 0 aliphatic carbocycles. The molecular weight excluding hydrogens is 269 g/mol. The zero-order chi connectivity index (χ0) is 14.7. The van der Waals surface area contributed by atoms with Crippen molar-refractivity contribution in [1.29, 1.82) is 0 Å². The van der Waals surface area contributed by atoms with Crippen molar-refractivity contribution in [3.63, 3.8) is 0 Å². The number of nitrogens with zero attached hydrogens (tertiary/aromatic N) is 1. The van der Waals surface area contributed by atoms with Crippen LogP contribution >= 0.6 is 0 Å². The van der Waals surface area contributed by atoms with E-state index in [4.69, 9.17) is 0 Å². The number of nitrogens with one attached hydrogen (secondary N) is 2. The highest BCUT2D eigenvalue weighted by atomic mass is 19.1. The molecule has 3 rings (SSSR count). The summed E-state index contributed by atoms with van der Waals surface area (Å²) in [5, 5.41) is 4.81. The number of fused-ring (bicyclic) bond motifs is 1. The SMILES string of the molecule is O=C(N/N=C/c1ccc(F)cc1)c1cc2ccccc2[nH]1. The molecule has 2 N–H and O–H groups in total. The second kappa shape index (κ2) is 5.58. The Morgan fingerprint density at radius 2 is 1.90 bits per heavy atom. The van der Waals surface area contributed by atoms with Crippen LogP contribution in [-0.2, 0) is 0 Å². The summed E-state index contributed by atoms with van der Waals surface area (Å²) >= 11 is 0. The summed E-state index contributed by atoms with van der Waals surface area (Å²) in [5.74, 6) is -0.640. The average Bonchev–Trinajstić information content (AvgIpc) is 2.93. The van der Waals surface area contributed by atoms with Gasteiger partial charge in [-0.25, -0.2) is 9.82 Å². The number of halogens is 1. The van der Waals surface area contributed by atoms with E-state index in [1.54, 1.807) is 18.2 Å². The second-order valence-electron chi connectivity index (χ2n) is 4.52. The topological polar surface area (TPSA) is 57.2 Å². The van der Waals surface area contributed by atoms with Crippen molar-refractivity contribution in [2.75, 3.05) is 0 Å². The molecule has 0 unspecified atom stereocenters. The largest absolute Gasteiger partial charge is 0.350 e. The number of aromatic nitrogens is 1.